The van der Waals surface area contributed by atoms with Gasteiger partial charge in [-0.1, -0.05) is 24.3 Å². The molecule has 2 aromatic rings. The van der Waals surface area contributed by atoms with Crippen LogP contribution in [-0.4, -0.2) is 39.2 Å². The molecule has 28 heavy (non-hydrogen) atoms. The van der Waals surface area contributed by atoms with Crippen LogP contribution < -0.4 is 17.2 Å². The SMILES string of the molecule is N[C@@H](Cc1ccc([N+](=O)[O-])cc1)C(=O)O.Nc1ccc(C[C@H](N)C(=O)O)cc1. The van der Waals surface area contributed by atoms with Crippen LogP contribution in [0.1, 0.15) is 11.1 Å². The van der Waals surface area contributed by atoms with Gasteiger partial charge in [0.25, 0.3) is 5.69 Å². The van der Waals surface area contributed by atoms with Crippen LogP contribution in [0.4, 0.5) is 11.4 Å². The lowest BCUT2D eigenvalue weighted by atomic mass is 10.1. The van der Waals surface area contributed by atoms with Crippen LogP contribution >= 0.6 is 0 Å². The van der Waals surface area contributed by atoms with Crippen molar-refractivity contribution in [2.75, 3.05) is 5.73 Å². The van der Waals surface area contributed by atoms with Gasteiger partial charge in [0.15, 0.2) is 0 Å². The number of rotatable bonds is 7. The second kappa shape index (κ2) is 10.6. The van der Waals surface area contributed by atoms with E-state index in [1.165, 1.54) is 24.3 Å². The third-order valence-corrected chi connectivity index (χ3v) is 3.67. The van der Waals surface area contributed by atoms with E-state index in [1.54, 1.807) is 24.3 Å². The Labute approximate surface area is 160 Å². The number of carbonyl (C=O) groups is 2. The van der Waals surface area contributed by atoms with Crippen LogP contribution in [0.5, 0.6) is 0 Å². The maximum Gasteiger partial charge on any atom is 0.320 e. The molecule has 0 bridgehead atoms. The maximum atomic E-state index is 10.4. The van der Waals surface area contributed by atoms with Gasteiger partial charge in [-0.2, -0.15) is 0 Å². The van der Waals surface area contributed by atoms with Crippen molar-refractivity contribution in [2.24, 2.45) is 11.5 Å². The molecule has 0 aliphatic heterocycles. The summed E-state index contributed by atoms with van der Waals surface area (Å²) in [6.07, 6.45) is 0.489. The first-order valence-electron chi connectivity index (χ1n) is 8.14. The molecule has 0 amide bonds. The zero-order valence-electron chi connectivity index (χ0n) is 14.9. The van der Waals surface area contributed by atoms with E-state index in [0.717, 1.165) is 5.56 Å². The van der Waals surface area contributed by atoms with Gasteiger partial charge in [-0.15, -0.1) is 0 Å². The fourth-order valence-electron chi connectivity index (χ4n) is 2.09. The highest BCUT2D eigenvalue weighted by Gasteiger charge is 2.13. The smallest absolute Gasteiger partial charge is 0.320 e. The molecule has 0 aliphatic rings. The number of nitrogens with two attached hydrogens (primary N) is 3. The quantitative estimate of drug-likeness (QED) is 0.257. The summed E-state index contributed by atoms with van der Waals surface area (Å²) in [6, 6.07) is 10.8. The van der Waals surface area contributed by atoms with Crippen molar-refractivity contribution in [3.05, 3.63) is 69.8 Å². The number of anilines is 1. The average Bonchev–Trinajstić information content (AvgIpc) is 2.64. The van der Waals surface area contributed by atoms with Crippen LogP contribution in [0, 0.1) is 10.1 Å². The second-order valence-corrected chi connectivity index (χ2v) is 5.96. The number of non-ortho nitro benzene ring substituents is 1. The number of benzene rings is 2. The number of nitrogen functional groups attached to an aromatic ring is 1. The summed E-state index contributed by atoms with van der Waals surface area (Å²) < 4.78 is 0. The Morgan fingerprint density at radius 1 is 0.857 bits per heavy atom. The van der Waals surface area contributed by atoms with Gasteiger partial charge in [-0.25, -0.2) is 0 Å². The number of nitro benzene ring substituents is 1. The van der Waals surface area contributed by atoms with E-state index < -0.39 is 28.9 Å². The Hall–Kier alpha value is -3.50. The number of aliphatic carboxylic acids is 2. The summed E-state index contributed by atoms with van der Waals surface area (Å²) in [5.74, 6) is -2.08. The van der Waals surface area contributed by atoms with E-state index in [2.05, 4.69) is 0 Å². The number of nitro groups is 1. The standard InChI is InChI=1S/C9H10N2O4.C9H12N2O2/c10-8(9(12)13)5-6-1-3-7(4-2-6)11(14)15;10-7-3-1-6(2-4-7)5-8(11)9(12)13/h1-4,8H,5,10H2,(H,12,13);1-4,8H,5,10-11H2,(H,12,13)/t2*8-/m00/s1. The molecule has 0 saturated heterocycles. The van der Waals surface area contributed by atoms with Gasteiger partial charge in [0.05, 0.1) is 4.92 Å². The summed E-state index contributed by atoms with van der Waals surface area (Å²) in [6.45, 7) is 0. The monoisotopic (exact) mass is 390 g/mol. The first-order chi connectivity index (χ1) is 13.1. The average molecular weight is 390 g/mol. The highest BCUT2D eigenvalue weighted by Crippen LogP contribution is 2.12. The van der Waals surface area contributed by atoms with Crippen LogP contribution in [0.25, 0.3) is 0 Å². The largest absolute Gasteiger partial charge is 0.480 e. The molecule has 0 fully saturated rings. The van der Waals surface area contributed by atoms with E-state index in [9.17, 15) is 19.7 Å². The number of carboxylic acids is 2. The number of carboxylic acid groups (broad SMARTS) is 2. The Balaban J connectivity index is 0.000000283. The molecule has 0 heterocycles. The minimum Gasteiger partial charge on any atom is -0.480 e. The fourth-order valence-corrected chi connectivity index (χ4v) is 2.09. The van der Waals surface area contributed by atoms with E-state index in [0.29, 0.717) is 17.7 Å². The van der Waals surface area contributed by atoms with E-state index in [-0.39, 0.29) is 12.1 Å². The lowest BCUT2D eigenvalue weighted by molar-refractivity contribution is -0.384. The fraction of sp³-hybridized carbons (Fsp3) is 0.222. The Kier molecular flexibility index (Phi) is 8.53. The second-order valence-electron chi connectivity index (χ2n) is 5.96. The molecule has 10 nitrogen and oxygen atoms in total. The third kappa shape index (κ3) is 7.81. The molecule has 2 aromatic carbocycles. The van der Waals surface area contributed by atoms with Crippen molar-refractivity contribution in [1.29, 1.82) is 0 Å². The molecular formula is C18H22N4O6. The summed E-state index contributed by atoms with van der Waals surface area (Å²) in [5.41, 5.74) is 18.3. The van der Waals surface area contributed by atoms with Crippen molar-refractivity contribution < 1.29 is 24.7 Å². The summed E-state index contributed by atoms with van der Waals surface area (Å²) in [7, 11) is 0. The molecule has 8 N–H and O–H groups in total. The number of hydrogen-bond acceptors (Lipinski definition) is 7. The summed E-state index contributed by atoms with van der Waals surface area (Å²) in [4.78, 5) is 30.7. The molecular weight excluding hydrogens is 368 g/mol. The Morgan fingerprint density at radius 2 is 1.21 bits per heavy atom. The third-order valence-electron chi connectivity index (χ3n) is 3.67. The highest BCUT2D eigenvalue weighted by molar-refractivity contribution is 5.74. The minimum atomic E-state index is -1.09. The molecule has 0 aromatic heterocycles. The lowest BCUT2D eigenvalue weighted by Gasteiger charge is -2.05. The van der Waals surface area contributed by atoms with Gasteiger partial charge in [-0.3, -0.25) is 19.7 Å². The normalized spacial score (nSPS) is 12.2. The van der Waals surface area contributed by atoms with E-state index in [1.807, 2.05) is 0 Å². The number of nitrogens with zero attached hydrogens (tertiary/aromatic N) is 1. The van der Waals surface area contributed by atoms with Crippen LogP contribution in [-0.2, 0) is 22.4 Å². The Bertz CT molecular complexity index is 808. The molecule has 2 rings (SSSR count). The van der Waals surface area contributed by atoms with Crippen molar-refractivity contribution in [1.82, 2.24) is 0 Å². The topological polar surface area (TPSA) is 196 Å². The first kappa shape index (κ1) is 22.5. The number of hydrogen-bond donors (Lipinski definition) is 5. The molecule has 150 valence electrons. The van der Waals surface area contributed by atoms with Crippen LogP contribution in [0.3, 0.4) is 0 Å². The van der Waals surface area contributed by atoms with Crippen LogP contribution in [0.15, 0.2) is 48.5 Å². The predicted octanol–water partition coefficient (Wildman–Crippen LogP) is 0.772. The van der Waals surface area contributed by atoms with Gasteiger partial charge in [0, 0.05) is 17.8 Å². The lowest BCUT2D eigenvalue weighted by Crippen LogP contribution is -2.32. The zero-order valence-corrected chi connectivity index (χ0v) is 14.9. The van der Waals surface area contributed by atoms with E-state index >= 15 is 0 Å². The van der Waals surface area contributed by atoms with Crippen molar-refractivity contribution in [3.8, 4) is 0 Å². The highest BCUT2D eigenvalue weighted by atomic mass is 16.6. The zero-order chi connectivity index (χ0) is 21.3. The molecule has 0 aliphatic carbocycles. The van der Waals surface area contributed by atoms with Crippen molar-refractivity contribution in [3.63, 3.8) is 0 Å². The van der Waals surface area contributed by atoms with Gasteiger partial charge < -0.3 is 27.4 Å². The molecule has 0 unspecified atom stereocenters. The molecule has 10 heteroatoms. The van der Waals surface area contributed by atoms with Crippen molar-refractivity contribution >= 4 is 23.3 Å². The van der Waals surface area contributed by atoms with Gasteiger partial charge in [0.2, 0.25) is 0 Å². The molecule has 0 saturated carbocycles. The Morgan fingerprint density at radius 3 is 1.54 bits per heavy atom. The predicted molar refractivity (Wildman–Crippen MR) is 103 cm³/mol. The van der Waals surface area contributed by atoms with Crippen LogP contribution in [0.2, 0.25) is 0 Å². The summed E-state index contributed by atoms with van der Waals surface area (Å²) >= 11 is 0. The minimum absolute atomic E-state index is 0.0253. The molecule has 0 radical (unpaired) electrons. The van der Waals surface area contributed by atoms with Crippen molar-refractivity contribution in [2.45, 2.75) is 24.9 Å². The van der Waals surface area contributed by atoms with Gasteiger partial charge in [0.1, 0.15) is 12.1 Å². The van der Waals surface area contributed by atoms with Gasteiger partial charge >= 0.3 is 11.9 Å². The maximum absolute atomic E-state index is 10.4. The molecule has 0 spiro atoms. The molecule has 2 atom stereocenters. The van der Waals surface area contributed by atoms with Gasteiger partial charge in [-0.05, 0) is 36.1 Å². The van der Waals surface area contributed by atoms with E-state index in [4.69, 9.17) is 27.4 Å². The first-order valence-corrected chi connectivity index (χ1v) is 8.14. The summed E-state index contributed by atoms with van der Waals surface area (Å²) in [5, 5.41) is 27.4.